The van der Waals surface area contributed by atoms with Crippen LogP contribution in [0.3, 0.4) is 0 Å². The number of nitrogens with one attached hydrogen (secondary N) is 1. The van der Waals surface area contributed by atoms with Gasteiger partial charge in [-0.1, -0.05) is 13.8 Å². The highest BCUT2D eigenvalue weighted by Crippen LogP contribution is 2.20. The van der Waals surface area contributed by atoms with E-state index in [1.807, 2.05) is 12.1 Å². The van der Waals surface area contributed by atoms with Gasteiger partial charge < -0.3 is 9.64 Å². The molecule has 6 heteroatoms. The lowest BCUT2D eigenvalue weighted by atomic mass is 9.95. The highest BCUT2D eigenvalue weighted by atomic mass is 16.5. The van der Waals surface area contributed by atoms with Crippen LogP contribution in [0.1, 0.15) is 43.5 Å². The van der Waals surface area contributed by atoms with E-state index < -0.39 is 0 Å². The number of carbonyl (C=O) groups is 2. The Morgan fingerprint density at radius 2 is 1.88 bits per heavy atom. The Morgan fingerprint density at radius 1 is 1.25 bits per heavy atom. The summed E-state index contributed by atoms with van der Waals surface area (Å²) in [6, 6.07) is 7.27. The monoisotopic (exact) mass is 333 g/mol. The van der Waals surface area contributed by atoms with E-state index in [1.54, 1.807) is 17.0 Å². The van der Waals surface area contributed by atoms with Crippen molar-refractivity contribution in [2.75, 3.05) is 19.7 Å². The molecule has 0 spiro atoms. The first kappa shape index (κ1) is 18.3. The maximum Gasteiger partial charge on any atom is 0.253 e. The zero-order valence-corrected chi connectivity index (χ0v) is 14.5. The molecule has 0 bridgehead atoms. The van der Waals surface area contributed by atoms with Gasteiger partial charge >= 0.3 is 0 Å². The van der Waals surface area contributed by atoms with E-state index in [-0.39, 0.29) is 17.7 Å². The molecule has 132 valence electrons. The predicted molar refractivity (Wildman–Crippen MR) is 92.3 cm³/mol. The van der Waals surface area contributed by atoms with Crippen molar-refractivity contribution in [1.29, 1.82) is 0 Å². The first-order chi connectivity index (χ1) is 11.5. The van der Waals surface area contributed by atoms with Crippen LogP contribution in [0, 0.1) is 11.8 Å². The Labute approximate surface area is 143 Å². The summed E-state index contributed by atoms with van der Waals surface area (Å²) in [4.78, 5) is 25.8. The van der Waals surface area contributed by atoms with Crippen LogP contribution in [-0.4, -0.2) is 36.4 Å². The minimum Gasteiger partial charge on any atom is -0.494 e. The number of likely N-dealkylation sites (tertiary alicyclic amines) is 1. The predicted octanol–water partition coefficient (Wildman–Crippen LogP) is 1.95. The van der Waals surface area contributed by atoms with E-state index in [1.165, 1.54) is 0 Å². The minimum atomic E-state index is -0.148. The molecule has 2 rings (SSSR count). The van der Waals surface area contributed by atoms with Crippen molar-refractivity contribution >= 4 is 11.8 Å². The van der Waals surface area contributed by atoms with E-state index in [0.29, 0.717) is 44.0 Å². The first-order valence-corrected chi connectivity index (χ1v) is 8.54. The van der Waals surface area contributed by atoms with E-state index in [0.717, 1.165) is 12.2 Å². The SMILES string of the molecule is CC(C)CCOc1ccc(C(=O)N2CCC(C(=O)NN)CC2)cc1. The molecule has 0 aromatic heterocycles. The van der Waals surface area contributed by atoms with Gasteiger partial charge in [0, 0.05) is 24.6 Å². The average Bonchev–Trinajstić information content (AvgIpc) is 2.61. The third kappa shape index (κ3) is 4.96. The largest absolute Gasteiger partial charge is 0.494 e. The molecule has 1 fully saturated rings. The summed E-state index contributed by atoms with van der Waals surface area (Å²) >= 11 is 0. The molecule has 1 heterocycles. The molecule has 0 unspecified atom stereocenters. The van der Waals surface area contributed by atoms with Gasteiger partial charge in [0.05, 0.1) is 6.61 Å². The van der Waals surface area contributed by atoms with E-state index in [9.17, 15) is 9.59 Å². The van der Waals surface area contributed by atoms with Crippen molar-refractivity contribution < 1.29 is 14.3 Å². The standard InChI is InChI=1S/C18H27N3O3/c1-13(2)9-12-24-16-5-3-15(4-6-16)18(23)21-10-7-14(8-11-21)17(22)20-19/h3-6,13-14H,7-12,19H2,1-2H3,(H,20,22). The zero-order chi connectivity index (χ0) is 17.5. The smallest absolute Gasteiger partial charge is 0.253 e. The third-order valence-corrected chi connectivity index (χ3v) is 4.36. The molecule has 6 nitrogen and oxygen atoms in total. The molecule has 3 N–H and O–H groups in total. The highest BCUT2D eigenvalue weighted by molar-refractivity contribution is 5.94. The minimum absolute atomic E-state index is 0.00432. The molecule has 1 saturated heterocycles. The molecule has 0 radical (unpaired) electrons. The van der Waals surface area contributed by atoms with E-state index in [2.05, 4.69) is 19.3 Å². The number of ether oxygens (including phenoxy) is 1. The number of benzene rings is 1. The number of nitrogens with two attached hydrogens (primary N) is 1. The fraction of sp³-hybridized carbons (Fsp3) is 0.556. The summed E-state index contributed by atoms with van der Waals surface area (Å²) in [5.74, 6) is 6.30. The van der Waals surface area contributed by atoms with Crippen LogP contribution < -0.4 is 16.0 Å². The molecule has 0 atom stereocenters. The molecular formula is C18H27N3O3. The third-order valence-electron chi connectivity index (χ3n) is 4.36. The van der Waals surface area contributed by atoms with Gasteiger partial charge in [-0.2, -0.15) is 0 Å². The Kier molecular flexibility index (Phi) is 6.61. The topological polar surface area (TPSA) is 84.7 Å². The van der Waals surface area contributed by atoms with Gasteiger partial charge in [-0.05, 0) is 49.4 Å². The fourth-order valence-electron chi connectivity index (χ4n) is 2.75. The summed E-state index contributed by atoms with van der Waals surface area (Å²) in [7, 11) is 0. The van der Waals surface area contributed by atoms with Gasteiger partial charge in [0.15, 0.2) is 0 Å². The van der Waals surface area contributed by atoms with Crippen molar-refractivity contribution in [1.82, 2.24) is 10.3 Å². The number of hydrazine groups is 1. The normalized spacial score (nSPS) is 15.4. The molecule has 0 aliphatic carbocycles. The lowest BCUT2D eigenvalue weighted by Gasteiger charge is -2.31. The zero-order valence-electron chi connectivity index (χ0n) is 14.5. The molecular weight excluding hydrogens is 306 g/mol. The number of hydrogen-bond donors (Lipinski definition) is 2. The second-order valence-corrected chi connectivity index (χ2v) is 6.63. The molecule has 1 aliphatic rings. The second-order valence-electron chi connectivity index (χ2n) is 6.63. The summed E-state index contributed by atoms with van der Waals surface area (Å²) in [5.41, 5.74) is 2.83. The van der Waals surface area contributed by atoms with Crippen molar-refractivity contribution in [3.05, 3.63) is 29.8 Å². The van der Waals surface area contributed by atoms with E-state index in [4.69, 9.17) is 10.6 Å². The first-order valence-electron chi connectivity index (χ1n) is 8.54. The number of carbonyl (C=O) groups excluding carboxylic acids is 2. The van der Waals surface area contributed by atoms with Crippen LogP contribution in [0.4, 0.5) is 0 Å². The Morgan fingerprint density at radius 3 is 2.42 bits per heavy atom. The summed E-state index contributed by atoms with van der Waals surface area (Å²) in [6.07, 6.45) is 2.29. The molecule has 1 aromatic carbocycles. The van der Waals surface area contributed by atoms with Crippen LogP contribution in [0.5, 0.6) is 5.75 Å². The van der Waals surface area contributed by atoms with Crippen molar-refractivity contribution in [3.8, 4) is 5.75 Å². The summed E-state index contributed by atoms with van der Waals surface area (Å²) < 4.78 is 5.67. The second kappa shape index (κ2) is 8.68. The van der Waals surface area contributed by atoms with Crippen molar-refractivity contribution in [3.63, 3.8) is 0 Å². The molecule has 0 saturated carbocycles. The van der Waals surface area contributed by atoms with Crippen LogP contribution in [0.15, 0.2) is 24.3 Å². The number of nitrogens with zero attached hydrogens (tertiary/aromatic N) is 1. The van der Waals surface area contributed by atoms with Gasteiger partial charge in [-0.3, -0.25) is 15.0 Å². The average molecular weight is 333 g/mol. The lowest BCUT2D eigenvalue weighted by Crippen LogP contribution is -2.44. The highest BCUT2D eigenvalue weighted by Gasteiger charge is 2.27. The molecule has 1 aliphatic heterocycles. The lowest BCUT2D eigenvalue weighted by molar-refractivity contribution is -0.126. The van der Waals surface area contributed by atoms with Gasteiger partial charge in [-0.25, -0.2) is 5.84 Å². The summed E-state index contributed by atoms with van der Waals surface area (Å²) in [5, 5.41) is 0. The molecule has 1 aromatic rings. The van der Waals surface area contributed by atoms with Crippen molar-refractivity contribution in [2.45, 2.75) is 33.1 Å². The number of hydrogen-bond acceptors (Lipinski definition) is 4. The van der Waals surface area contributed by atoms with Crippen LogP contribution >= 0.6 is 0 Å². The number of piperidine rings is 1. The Bertz CT molecular complexity index is 549. The summed E-state index contributed by atoms with van der Waals surface area (Å²) in [6.45, 7) is 6.14. The quantitative estimate of drug-likeness (QED) is 0.473. The Hall–Kier alpha value is -2.08. The maximum atomic E-state index is 12.5. The maximum absolute atomic E-state index is 12.5. The van der Waals surface area contributed by atoms with Gasteiger partial charge in [-0.15, -0.1) is 0 Å². The van der Waals surface area contributed by atoms with Crippen molar-refractivity contribution in [2.24, 2.45) is 17.7 Å². The van der Waals surface area contributed by atoms with Gasteiger partial charge in [0.1, 0.15) is 5.75 Å². The van der Waals surface area contributed by atoms with Crippen LogP contribution in [0.25, 0.3) is 0 Å². The molecule has 24 heavy (non-hydrogen) atoms. The van der Waals surface area contributed by atoms with Crippen LogP contribution in [-0.2, 0) is 4.79 Å². The molecule has 2 amide bonds. The fourth-order valence-corrected chi connectivity index (χ4v) is 2.75. The number of amides is 2. The van der Waals surface area contributed by atoms with E-state index >= 15 is 0 Å². The van der Waals surface area contributed by atoms with Gasteiger partial charge in [0.2, 0.25) is 5.91 Å². The Balaban J connectivity index is 1.85. The van der Waals surface area contributed by atoms with Gasteiger partial charge in [0.25, 0.3) is 5.91 Å². The van der Waals surface area contributed by atoms with Crippen LogP contribution in [0.2, 0.25) is 0 Å². The number of rotatable bonds is 6.